The number of carbonyl (C=O) groups is 12. The normalized spacial score (nSPS) is 15.7. The van der Waals surface area contributed by atoms with E-state index in [2.05, 4.69) is 47.9 Å². The molecule has 0 saturated carbocycles. The fourth-order valence-electron chi connectivity index (χ4n) is 7.30. The van der Waals surface area contributed by atoms with Gasteiger partial charge < -0.3 is 90.0 Å². The molecular formula is C50H73N11O18. The Bertz CT molecular complexity index is 2480. The first-order chi connectivity index (χ1) is 36.9. The number of hydrogen-bond donors (Lipinski definition) is 17. The average molecular weight is 1120 g/mol. The van der Waals surface area contributed by atoms with Crippen LogP contribution >= 0.6 is 0 Å². The van der Waals surface area contributed by atoms with Gasteiger partial charge in [-0.2, -0.15) is 0 Å². The number of hydrogen-bond acceptors (Lipinski definition) is 17. The SMILES string of the molecule is CC(C)[C@H](NC(=O)[C@H](Cc1ccccc1)NC(=O)[C@H](CO)NC(=O)[C@H](CC(=O)O)NC(=O)[C@H](C)NC(=O)[C@H](Cc1ccc(O)cc1)NC(=O)[C@@H](NC(=O)[C@H](CC(N)=O)NC(=O)[C@@H](NC(=O)[C@@H](N)[C@@H](C)O)[C@@H](C)O)C(C)C)C(=O)O. The van der Waals surface area contributed by atoms with E-state index in [1.54, 1.807) is 30.3 Å². The molecule has 0 radical (unpaired) electrons. The molecule has 2 aromatic rings. The number of carboxylic acids is 2. The van der Waals surface area contributed by atoms with E-state index in [9.17, 15) is 88.2 Å². The van der Waals surface area contributed by atoms with Crippen molar-refractivity contribution < 1.29 is 88.2 Å². The Kier molecular flexibility index (Phi) is 26.9. The summed E-state index contributed by atoms with van der Waals surface area (Å²) in [5.74, 6) is -15.7. The number of carboxylic acid groups (broad SMARTS) is 2. The van der Waals surface area contributed by atoms with Crippen LogP contribution in [0, 0.1) is 11.8 Å². The summed E-state index contributed by atoms with van der Waals surface area (Å²) in [7, 11) is 0. The van der Waals surface area contributed by atoms with Gasteiger partial charge in [0.2, 0.25) is 59.1 Å². The van der Waals surface area contributed by atoms with Gasteiger partial charge in [0.05, 0.1) is 31.7 Å². The molecule has 0 unspecified atom stereocenters. The number of nitrogens with two attached hydrogens (primary N) is 2. The molecular weight excluding hydrogens is 1040 g/mol. The number of aliphatic hydroxyl groups is 3. The lowest BCUT2D eigenvalue weighted by Crippen LogP contribution is -2.62. The van der Waals surface area contributed by atoms with Gasteiger partial charge in [-0.1, -0.05) is 70.2 Å². The van der Waals surface area contributed by atoms with Gasteiger partial charge in [-0.15, -0.1) is 0 Å². The molecule has 12 atom stereocenters. The topological polar surface area (TPSA) is 487 Å². The van der Waals surface area contributed by atoms with Crippen molar-refractivity contribution in [3.8, 4) is 5.75 Å². The van der Waals surface area contributed by atoms with Crippen molar-refractivity contribution in [3.05, 3.63) is 65.7 Å². The highest BCUT2D eigenvalue weighted by Crippen LogP contribution is 2.14. The van der Waals surface area contributed by atoms with Crippen molar-refractivity contribution in [3.63, 3.8) is 0 Å². The van der Waals surface area contributed by atoms with E-state index in [4.69, 9.17) is 11.5 Å². The maximum Gasteiger partial charge on any atom is 0.326 e. The Labute approximate surface area is 454 Å². The zero-order valence-electron chi connectivity index (χ0n) is 44.6. The molecule has 0 aliphatic carbocycles. The van der Waals surface area contributed by atoms with Gasteiger partial charge in [-0.25, -0.2) is 4.79 Å². The molecule has 0 aliphatic rings. The van der Waals surface area contributed by atoms with Gasteiger partial charge in [0.15, 0.2) is 0 Å². The van der Waals surface area contributed by atoms with Crippen LogP contribution in [0.2, 0.25) is 0 Å². The van der Waals surface area contributed by atoms with Crippen LogP contribution in [0.25, 0.3) is 0 Å². The van der Waals surface area contributed by atoms with Crippen LogP contribution in [0.3, 0.4) is 0 Å². The van der Waals surface area contributed by atoms with Crippen LogP contribution in [0.15, 0.2) is 54.6 Å². The number of phenolic OH excluding ortho intramolecular Hbond substituents is 1. The number of benzene rings is 2. The molecule has 436 valence electrons. The summed E-state index contributed by atoms with van der Waals surface area (Å²) in [6.45, 7) is 8.35. The van der Waals surface area contributed by atoms with E-state index in [0.29, 0.717) is 11.1 Å². The van der Waals surface area contributed by atoms with Crippen molar-refractivity contribution in [2.24, 2.45) is 23.3 Å². The maximum absolute atomic E-state index is 14.0. The number of aromatic hydroxyl groups is 1. The summed E-state index contributed by atoms with van der Waals surface area (Å²) >= 11 is 0. The number of phenols is 1. The summed E-state index contributed by atoms with van der Waals surface area (Å²) in [6, 6.07) is -3.03. The molecule has 79 heavy (non-hydrogen) atoms. The monoisotopic (exact) mass is 1120 g/mol. The predicted octanol–water partition coefficient (Wildman–Crippen LogP) is -5.61. The van der Waals surface area contributed by atoms with Crippen LogP contribution in [-0.2, 0) is 70.4 Å². The van der Waals surface area contributed by atoms with Gasteiger partial charge in [0, 0.05) is 12.8 Å². The highest BCUT2D eigenvalue weighted by atomic mass is 16.4. The first-order valence-electron chi connectivity index (χ1n) is 24.9. The van der Waals surface area contributed by atoms with Crippen LogP contribution in [0.4, 0.5) is 0 Å². The number of primary amides is 1. The predicted molar refractivity (Wildman–Crippen MR) is 277 cm³/mol. The van der Waals surface area contributed by atoms with E-state index >= 15 is 0 Å². The third-order valence-corrected chi connectivity index (χ3v) is 11.9. The third-order valence-electron chi connectivity index (χ3n) is 11.9. The van der Waals surface area contributed by atoms with Crippen LogP contribution in [-0.4, -0.2) is 181 Å². The molecule has 10 amide bonds. The summed E-state index contributed by atoms with van der Waals surface area (Å²) in [4.78, 5) is 158. The molecule has 0 aromatic heterocycles. The molecule has 0 fully saturated rings. The van der Waals surface area contributed by atoms with E-state index in [0.717, 1.165) is 13.8 Å². The van der Waals surface area contributed by atoms with Crippen molar-refractivity contribution in [1.29, 1.82) is 0 Å². The molecule has 0 bridgehead atoms. The Morgan fingerprint density at radius 2 is 0.861 bits per heavy atom. The van der Waals surface area contributed by atoms with E-state index in [-0.39, 0.29) is 18.6 Å². The summed E-state index contributed by atoms with van der Waals surface area (Å²) in [6.07, 6.45) is -5.46. The smallest absolute Gasteiger partial charge is 0.326 e. The molecule has 29 heteroatoms. The van der Waals surface area contributed by atoms with Crippen LogP contribution in [0.5, 0.6) is 5.75 Å². The maximum atomic E-state index is 14.0. The fourth-order valence-corrected chi connectivity index (χ4v) is 7.30. The van der Waals surface area contributed by atoms with Gasteiger partial charge in [0.1, 0.15) is 66.2 Å². The highest BCUT2D eigenvalue weighted by Gasteiger charge is 2.37. The van der Waals surface area contributed by atoms with Gasteiger partial charge in [-0.3, -0.25) is 52.7 Å². The highest BCUT2D eigenvalue weighted by molar-refractivity contribution is 6.00. The summed E-state index contributed by atoms with van der Waals surface area (Å²) in [5, 5.41) is 80.0. The van der Waals surface area contributed by atoms with Crippen molar-refractivity contribution >= 4 is 71.0 Å². The molecule has 0 spiro atoms. The van der Waals surface area contributed by atoms with Gasteiger partial charge >= 0.3 is 11.9 Å². The minimum absolute atomic E-state index is 0.164. The Hall–Kier alpha value is -8.28. The van der Waals surface area contributed by atoms with Crippen molar-refractivity contribution in [2.45, 2.75) is 147 Å². The van der Waals surface area contributed by atoms with E-state index < -0.39 is 175 Å². The van der Waals surface area contributed by atoms with Gasteiger partial charge in [0.25, 0.3) is 0 Å². The lowest BCUT2D eigenvalue weighted by atomic mass is 10.00. The number of nitrogens with one attached hydrogen (secondary N) is 9. The first kappa shape index (κ1) is 66.8. The molecule has 0 saturated heterocycles. The zero-order valence-corrected chi connectivity index (χ0v) is 44.6. The van der Waals surface area contributed by atoms with Crippen LogP contribution in [0.1, 0.15) is 72.4 Å². The molecule has 29 nitrogen and oxygen atoms in total. The van der Waals surface area contributed by atoms with E-state index in [1.807, 2.05) is 0 Å². The largest absolute Gasteiger partial charge is 0.508 e. The van der Waals surface area contributed by atoms with E-state index in [1.165, 1.54) is 58.9 Å². The summed E-state index contributed by atoms with van der Waals surface area (Å²) < 4.78 is 0. The Morgan fingerprint density at radius 1 is 0.456 bits per heavy atom. The third kappa shape index (κ3) is 22.3. The fraction of sp³-hybridized carbons (Fsp3) is 0.520. The second-order valence-corrected chi connectivity index (χ2v) is 19.3. The zero-order chi connectivity index (χ0) is 60.0. The van der Waals surface area contributed by atoms with Crippen molar-refractivity contribution in [1.82, 2.24) is 47.9 Å². The number of aliphatic carboxylic acids is 2. The molecule has 2 rings (SSSR count). The summed E-state index contributed by atoms with van der Waals surface area (Å²) in [5.41, 5.74) is 11.9. The second kappa shape index (κ2) is 31.8. The first-order valence-corrected chi connectivity index (χ1v) is 24.9. The second-order valence-electron chi connectivity index (χ2n) is 19.3. The molecule has 0 heterocycles. The lowest BCUT2D eigenvalue weighted by Gasteiger charge is -2.29. The standard InChI is InChI=1S/C50H73N11O18/c1-22(2)38(59-45(73)32(19-35(51)66)57-49(77)40(26(7)64)61-47(75)37(52)25(6)63)48(76)56-30(18-28-13-15-29(65)16-14-28)42(70)53-24(5)41(69)54-33(20-36(67)68)43(71)58-34(21-62)46(74)55-31(17-27-11-9-8-10-12-27)44(72)60-39(23(3)4)50(78)79/h8-16,22-26,30-34,37-40,62-65H,17-21,52H2,1-7H3,(H2,51,66)(H,53,70)(H,54,69)(H,55,74)(H,56,76)(H,57,77)(H,58,71)(H,59,73)(H,60,72)(H,61,75)(H,67,68)(H,78,79)/t24-,25+,26+,30-,31-,32-,33-,34-,37-,38-,39-,40-/m0/s1. The lowest BCUT2D eigenvalue weighted by molar-refractivity contribution is -0.143. The number of aliphatic hydroxyl groups excluding tert-OH is 3. The quantitative estimate of drug-likeness (QED) is 0.0325. The molecule has 0 aliphatic heterocycles. The number of carbonyl (C=O) groups excluding carboxylic acids is 10. The Morgan fingerprint density at radius 3 is 1.34 bits per heavy atom. The number of rotatable bonds is 32. The average Bonchev–Trinajstić information content (AvgIpc) is 3.36. The van der Waals surface area contributed by atoms with Crippen LogP contribution < -0.4 is 59.3 Å². The minimum atomic E-state index is -1.98. The molecule has 2 aromatic carbocycles. The Balaban J connectivity index is 2.36. The molecule has 19 N–H and O–H groups in total. The van der Waals surface area contributed by atoms with Crippen molar-refractivity contribution in [2.75, 3.05) is 6.61 Å². The minimum Gasteiger partial charge on any atom is -0.508 e. The number of amides is 10. The van der Waals surface area contributed by atoms with Gasteiger partial charge in [-0.05, 0) is 55.9 Å².